The average molecular weight is 343 g/mol. The van der Waals surface area contributed by atoms with Crippen molar-refractivity contribution in [2.45, 2.75) is 32.6 Å². The zero-order valence-corrected chi connectivity index (χ0v) is 14.7. The highest BCUT2D eigenvalue weighted by Crippen LogP contribution is 2.20. The lowest BCUT2D eigenvalue weighted by atomic mass is 9.96. The van der Waals surface area contributed by atoms with Gasteiger partial charge in [0.1, 0.15) is 12.2 Å². The first-order valence-corrected chi connectivity index (χ1v) is 8.76. The molecule has 0 radical (unpaired) electrons. The van der Waals surface area contributed by atoms with Crippen molar-refractivity contribution in [1.82, 2.24) is 10.2 Å². The summed E-state index contributed by atoms with van der Waals surface area (Å²) in [6.07, 6.45) is 2.47. The minimum absolute atomic E-state index is 0.00197. The molecule has 1 aromatic rings. The minimum Gasteiger partial charge on any atom is -0.483 e. The number of nitriles is 1. The standard InChI is InChI=1S/C19H25N3O3/c1-2-16-5-3-4-6-17(16)25-14-19(24)22-11-8-15(9-12-22)13-21-18(23)7-10-20/h3-6,15H,2,7-9,11-14H2,1H3,(H,21,23). The second kappa shape index (κ2) is 9.67. The Morgan fingerprint density at radius 3 is 2.72 bits per heavy atom. The van der Waals surface area contributed by atoms with E-state index in [9.17, 15) is 9.59 Å². The first kappa shape index (κ1) is 18.8. The third-order valence-electron chi connectivity index (χ3n) is 4.50. The van der Waals surface area contributed by atoms with Gasteiger partial charge in [-0.3, -0.25) is 9.59 Å². The van der Waals surface area contributed by atoms with E-state index in [-0.39, 0.29) is 24.8 Å². The number of nitrogens with one attached hydrogen (secondary N) is 1. The van der Waals surface area contributed by atoms with Gasteiger partial charge in [-0.2, -0.15) is 5.26 Å². The molecule has 1 saturated heterocycles. The molecule has 1 heterocycles. The average Bonchev–Trinajstić information content (AvgIpc) is 2.65. The summed E-state index contributed by atoms with van der Waals surface area (Å²) in [5.41, 5.74) is 1.10. The summed E-state index contributed by atoms with van der Waals surface area (Å²) in [5, 5.41) is 11.2. The number of piperidine rings is 1. The van der Waals surface area contributed by atoms with Crippen LogP contribution in [0.15, 0.2) is 24.3 Å². The zero-order chi connectivity index (χ0) is 18.1. The molecule has 0 bridgehead atoms. The van der Waals surface area contributed by atoms with Crippen molar-refractivity contribution >= 4 is 11.8 Å². The van der Waals surface area contributed by atoms with Crippen LogP contribution in [-0.2, 0) is 16.0 Å². The van der Waals surface area contributed by atoms with E-state index < -0.39 is 0 Å². The molecule has 0 atom stereocenters. The third-order valence-corrected chi connectivity index (χ3v) is 4.50. The first-order valence-electron chi connectivity index (χ1n) is 8.76. The zero-order valence-electron chi connectivity index (χ0n) is 14.7. The van der Waals surface area contributed by atoms with E-state index in [4.69, 9.17) is 10.00 Å². The summed E-state index contributed by atoms with van der Waals surface area (Å²) in [4.78, 5) is 25.5. The number of nitrogens with zero attached hydrogens (tertiary/aromatic N) is 2. The largest absolute Gasteiger partial charge is 0.483 e. The normalized spacial score (nSPS) is 14.6. The van der Waals surface area contributed by atoms with E-state index in [1.54, 1.807) is 0 Å². The van der Waals surface area contributed by atoms with Crippen molar-refractivity contribution in [3.8, 4) is 11.8 Å². The smallest absolute Gasteiger partial charge is 0.260 e. The SMILES string of the molecule is CCc1ccccc1OCC(=O)N1CCC(CNC(=O)CC#N)CC1. The number of ether oxygens (including phenoxy) is 1. The Morgan fingerprint density at radius 1 is 1.32 bits per heavy atom. The molecule has 1 N–H and O–H groups in total. The Hall–Kier alpha value is -2.55. The molecule has 2 rings (SSSR count). The van der Waals surface area contributed by atoms with E-state index in [1.165, 1.54) is 0 Å². The summed E-state index contributed by atoms with van der Waals surface area (Å²) in [5.74, 6) is 0.892. The molecule has 1 fully saturated rings. The highest BCUT2D eigenvalue weighted by Gasteiger charge is 2.23. The quantitative estimate of drug-likeness (QED) is 0.820. The molecule has 1 aromatic carbocycles. The molecular formula is C19H25N3O3. The van der Waals surface area contributed by atoms with E-state index in [1.807, 2.05) is 35.2 Å². The topological polar surface area (TPSA) is 82.4 Å². The predicted molar refractivity (Wildman–Crippen MR) is 93.9 cm³/mol. The van der Waals surface area contributed by atoms with Crippen LogP contribution in [0.5, 0.6) is 5.75 Å². The Labute approximate surface area is 148 Å². The minimum atomic E-state index is -0.232. The Kier molecular flexibility index (Phi) is 7.27. The number of amides is 2. The van der Waals surface area contributed by atoms with Gasteiger partial charge in [-0.25, -0.2) is 0 Å². The lowest BCUT2D eigenvalue weighted by Gasteiger charge is -2.32. The molecule has 0 aromatic heterocycles. The monoisotopic (exact) mass is 343 g/mol. The van der Waals surface area contributed by atoms with Crippen molar-refractivity contribution < 1.29 is 14.3 Å². The van der Waals surface area contributed by atoms with Crippen LogP contribution >= 0.6 is 0 Å². The van der Waals surface area contributed by atoms with Crippen molar-refractivity contribution in [2.75, 3.05) is 26.2 Å². The lowest BCUT2D eigenvalue weighted by Crippen LogP contribution is -2.43. The molecular weight excluding hydrogens is 318 g/mol. The second-order valence-electron chi connectivity index (χ2n) is 6.21. The van der Waals surface area contributed by atoms with E-state index in [0.29, 0.717) is 25.6 Å². The van der Waals surface area contributed by atoms with Crippen LogP contribution in [0.25, 0.3) is 0 Å². The molecule has 6 heteroatoms. The number of aryl methyl sites for hydroxylation is 1. The maximum absolute atomic E-state index is 12.3. The molecule has 1 aliphatic heterocycles. The van der Waals surface area contributed by atoms with Gasteiger partial charge in [0.25, 0.3) is 5.91 Å². The van der Waals surface area contributed by atoms with Gasteiger partial charge in [0.2, 0.25) is 5.91 Å². The Balaban J connectivity index is 1.72. The number of carbonyl (C=O) groups is 2. The van der Waals surface area contributed by atoms with Crippen LogP contribution in [-0.4, -0.2) is 43.0 Å². The Bertz CT molecular complexity index is 631. The fraction of sp³-hybridized carbons (Fsp3) is 0.526. The van der Waals surface area contributed by atoms with E-state index >= 15 is 0 Å². The van der Waals surface area contributed by atoms with Gasteiger partial charge >= 0.3 is 0 Å². The van der Waals surface area contributed by atoms with Crippen molar-refractivity contribution in [2.24, 2.45) is 5.92 Å². The number of rotatable bonds is 7. The summed E-state index contributed by atoms with van der Waals surface area (Å²) in [6, 6.07) is 9.60. The highest BCUT2D eigenvalue weighted by molar-refractivity contribution is 5.78. The number of likely N-dealkylation sites (tertiary alicyclic amines) is 1. The van der Waals surface area contributed by atoms with E-state index in [0.717, 1.165) is 30.6 Å². The lowest BCUT2D eigenvalue weighted by molar-refractivity contribution is -0.135. The molecule has 134 valence electrons. The van der Waals surface area contributed by atoms with Gasteiger partial charge in [-0.05, 0) is 36.8 Å². The summed E-state index contributed by atoms with van der Waals surface area (Å²) < 4.78 is 5.70. The molecule has 6 nitrogen and oxygen atoms in total. The number of hydrogen-bond acceptors (Lipinski definition) is 4. The van der Waals surface area contributed by atoms with E-state index in [2.05, 4.69) is 12.2 Å². The van der Waals surface area contributed by atoms with Gasteiger partial charge < -0.3 is 15.0 Å². The van der Waals surface area contributed by atoms with Crippen LogP contribution < -0.4 is 10.1 Å². The van der Waals surface area contributed by atoms with Crippen molar-refractivity contribution in [3.05, 3.63) is 29.8 Å². The number of para-hydroxylation sites is 1. The number of benzene rings is 1. The third kappa shape index (κ3) is 5.79. The molecule has 25 heavy (non-hydrogen) atoms. The Morgan fingerprint density at radius 2 is 2.04 bits per heavy atom. The fourth-order valence-corrected chi connectivity index (χ4v) is 2.95. The fourth-order valence-electron chi connectivity index (χ4n) is 2.95. The number of hydrogen-bond donors (Lipinski definition) is 1. The predicted octanol–water partition coefficient (Wildman–Crippen LogP) is 1.90. The van der Waals surface area contributed by atoms with Crippen LogP contribution in [0.2, 0.25) is 0 Å². The maximum atomic E-state index is 12.3. The highest BCUT2D eigenvalue weighted by atomic mass is 16.5. The van der Waals surface area contributed by atoms with Crippen molar-refractivity contribution in [1.29, 1.82) is 5.26 Å². The first-order chi connectivity index (χ1) is 12.1. The molecule has 0 unspecified atom stereocenters. The van der Waals surface area contributed by atoms with Crippen LogP contribution in [0.3, 0.4) is 0 Å². The van der Waals surface area contributed by atoms with Gasteiger partial charge in [0.05, 0.1) is 6.07 Å². The summed E-state index contributed by atoms with van der Waals surface area (Å²) in [7, 11) is 0. The van der Waals surface area contributed by atoms with Gasteiger partial charge in [0, 0.05) is 19.6 Å². The van der Waals surface area contributed by atoms with Gasteiger partial charge in [-0.1, -0.05) is 25.1 Å². The maximum Gasteiger partial charge on any atom is 0.260 e. The van der Waals surface area contributed by atoms with Crippen LogP contribution in [0.4, 0.5) is 0 Å². The van der Waals surface area contributed by atoms with Crippen molar-refractivity contribution in [3.63, 3.8) is 0 Å². The summed E-state index contributed by atoms with van der Waals surface area (Å²) >= 11 is 0. The molecule has 0 spiro atoms. The van der Waals surface area contributed by atoms with Crippen LogP contribution in [0, 0.1) is 17.2 Å². The number of carbonyl (C=O) groups excluding carboxylic acids is 2. The van der Waals surface area contributed by atoms with Gasteiger partial charge in [0.15, 0.2) is 6.61 Å². The molecule has 0 aliphatic carbocycles. The second-order valence-corrected chi connectivity index (χ2v) is 6.21. The molecule has 1 aliphatic rings. The summed E-state index contributed by atoms with van der Waals surface area (Å²) in [6.45, 7) is 4.04. The molecule has 2 amide bonds. The van der Waals surface area contributed by atoms with Crippen LogP contribution in [0.1, 0.15) is 31.7 Å². The van der Waals surface area contributed by atoms with Gasteiger partial charge in [-0.15, -0.1) is 0 Å². The molecule has 0 saturated carbocycles.